The molecule has 3 nitrogen and oxygen atoms in total. The van der Waals surface area contributed by atoms with Gasteiger partial charge in [-0.3, -0.25) is 4.79 Å². The van der Waals surface area contributed by atoms with Gasteiger partial charge in [0.05, 0.1) is 10.6 Å². The first-order chi connectivity index (χ1) is 9.24. The molecule has 4 heteroatoms. The minimum Gasteiger partial charge on any atom is -0.467 e. The Kier molecular flexibility index (Phi) is 4.55. The molecule has 0 aromatic heterocycles. The van der Waals surface area contributed by atoms with Gasteiger partial charge < -0.3 is 9.47 Å². The fourth-order valence-electron chi connectivity index (χ4n) is 1.69. The molecule has 98 valence electrons. The predicted molar refractivity (Wildman–Crippen MR) is 73.8 cm³/mol. The van der Waals surface area contributed by atoms with E-state index in [0.717, 1.165) is 0 Å². The molecule has 0 fully saturated rings. The van der Waals surface area contributed by atoms with Crippen molar-refractivity contribution in [3.05, 3.63) is 64.7 Å². The van der Waals surface area contributed by atoms with E-state index in [-0.39, 0.29) is 12.6 Å². The molecule has 2 aromatic rings. The lowest BCUT2D eigenvalue weighted by Gasteiger charge is -2.10. The summed E-state index contributed by atoms with van der Waals surface area (Å²) >= 11 is 6.04. The lowest BCUT2D eigenvalue weighted by atomic mass is 10.0. The van der Waals surface area contributed by atoms with Crippen molar-refractivity contribution in [1.82, 2.24) is 0 Å². The Morgan fingerprint density at radius 2 is 1.68 bits per heavy atom. The molecule has 0 atom stereocenters. The molecule has 0 aliphatic rings. The molecular weight excluding hydrogens is 264 g/mol. The minimum atomic E-state index is -0.169. The molecule has 0 bridgehead atoms. The van der Waals surface area contributed by atoms with Gasteiger partial charge in [-0.25, -0.2) is 0 Å². The van der Waals surface area contributed by atoms with Crippen LogP contribution in [0.4, 0.5) is 0 Å². The first-order valence-corrected chi connectivity index (χ1v) is 6.12. The molecule has 0 N–H and O–H groups in total. The smallest absolute Gasteiger partial charge is 0.198 e. The van der Waals surface area contributed by atoms with Crippen molar-refractivity contribution >= 4 is 17.4 Å². The highest BCUT2D eigenvalue weighted by molar-refractivity contribution is 6.35. The fourth-order valence-corrected chi connectivity index (χ4v) is 1.91. The molecule has 0 unspecified atom stereocenters. The molecule has 2 aromatic carbocycles. The van der Waals surface area contributed by atoms with Crippen molar-refractivity contribution in [2.24, 2.45) is 0 Å². The summed E-state index contributed by atoms with van der Waals surface area (Å²) in [6, 6.07) is 14.0. The molecule has 0 heterocycles. The number of carbonyl (C=O) groups is 1. The molecule has 2 rings (SSSR count). The second-order valence-electron chi connectivity index (χ2n) is 3.86. The predicted octanol–water partition coefficient (Wildman–Crippen LogP) is 3.55. The number of para-hydroxylation sites is 1. The van der Waals surface area contributed by atoms with Gasteiger partial charge in [0.25, 0.3) is 0 Å². The van der Waals surface area contributed by atoms with Gasteiger partial charge in [-0.2, -0.15) is 0 Å². The number of hydrogen-bond acceptors (Lipinski definition) is 3. The maximum atomic E-state index is 12.4. The molecule has 0 spiro atoms. The van der Waals surface area contributed by atoms with Gasteiger partial charge in [-0.15, -0.1) is 0 Å². The van der Waals surface area contributed by atoms with Gasteiger partial charge in [0.2, 0.25) is 0 Å². The van der Waals surface area contributed by atoms with Gasteiger partial charge >= 0.3 is 0 Å². The number of carbonyl (C=O) groups excluding carboxylic acids is 1. The van der Waals surface area contributed by atoms with Crippen LogP contribution in [0.5, 0.6) is 5.75 Å². The average Bonchev–Trinajstić information content (AvgIpc) is 2.45. The number of methoxy groups -OCH3 is 1. The maximum Gasteiger partial charge on any atom is 0.198 e. The summed E-state index contributed by atoms with van der Waals surface area (Å²) in [6.07, 6.45) is 0. The monoisotopic (exact) mass is 276 g/mol. The zero-order valence-electron chi connectivity index (χ0n) is 10.4. The van der Waals surface area contributed by atoms with E-state index in [1.54, 1.807) is 48.5 Å². The van der Waals surface area contributed by atoms with Gasteiger partial charge in [-0.05, 0) is 24.3 Å². The van der Waals surface area contributed by atoms with Crippen LogP contribution >= 0.6 is 11.6 Å². The number of rotatable bonds is 5. The summed E-state index contributed by atoms with van der Waals surface area (Å²) in [4.78, 5) is 12.4. The van der Waals surface area contributed by atoms with E-state index in [9.17, 15) is 4.79 Å². The van der Waals surface area contributed by atoms with E-state index < -0.39 is 0 Å². The third-order valence-corrected chi connectivity index (χ3v) is 2.91. The summed E-state index contributed by atoms with van der Waals surface area (Å²) in [7, 11) is 1.53. The van der Waals surface area contributed by atoms with Crippen LogP contribution in [0.1, 0.15) is 15.9 Å². The van der Waals surface area contributed by atoms with Crippen molar-refractivity contribution in [1.29, 1.82) is 0 Å². The first kappa shape index (κ1) is 13.6. The van der Waals surface area contributed by atoms with Gasteiger partial charge in [0, 0.05) is 12.7 Å². The summed E-state index contributed by atoms with van der Waals surface area (Å²) in [5.41, 5.74) is 0.922. The third-order valence-electron chi connectivity index (χ3n) is 2.58. The van der Waals surface area contributed by atoms with Crippen molar-refractivity contribution in [3.8, 4) is 5.75 Å². The number of hydrogen-bond donors (Lipinski definition) is 0. The number of ketones is 1. The standard InChI is InChI=1S/C15H13ClO3/c1-18-10-19-14-9-5-3-7-12(14)15(17)11-6-2-4-8-13(11)16/h2-9H,10H2,1H3. The first-order valence-electron chi connectivity index (χ1n) is 5.74. The van der Waals surface area contributed by atoms with Crippen LogP contribution in [-0.2, 0) is 4.74 Å². The Morgan fingerprint density at radius 3 is 2.37 bits per heavy atom. The highest BCUT2D eigenvalue weighted by atomic mass is 35.5. The molecule has 0 saturated heterocycles. The minimum absolute atomic E-state index is 0.0901. The van der Waals surface area contributed by atoms with Crippen LogP contribution in [0, 0.1) is 0 Å². The lowest BCUT2D eigenvalue weighted by Crippen LogP contribution is -2.07. The topological polar surface area (TPSA) is 35.5 Å². The number of halogens is 1. The van der Waals surface area contributed by atoms with Crippen LogP contribution in [0.2, 0.25) is 5.02 Å². The molecule has 0 amide bonds. The van der Waals surface area contributed by atoms with E-state index in [1.807, 2.05) is 0 Å². The second-order valence-corrected chi connectivity index (χ2v) is 4.26. The summed E-state index contributed by atoms with van der Waals surface area (Å²) in [5.74, 6) is 0.312. The van der Waals surface area contributed by atoms with E-state index in [4.69, 9.17) is 21.1 Å². The fraction of sp³-hybridized carbons (Fsp3) is 0.133. The van der Waals surface area contributed by atoms with E-state index >= 15 is 0 Å². The normalized spacial score (nSPS) is 10.2. The van der Waals surface area contributed by atoms with Crippen LogP contribution in [0.15, 0.2) is 48.5 Å². The van der Waals surface area contributed by atoms with Gasteiger partial charge in [0.15, 0.2) is 12.6 Å². The zero-order chi connectivity index (χ0) is 13.7. The Bertz CT molecular complexity index is 581. The van der Waals surface area contributed by atoms with Gasteiger partial charge in [-0.1, -0.05) is 35.9 Å². The molecule has 0 aliphatic carbocycles. The van der Waals surface area contributed by atoms with E-state index in [2.05, 4.69) is 0 Å². The van der Waals surface area contributed by atoms with E-state index in [0.29, 0.717) is 21.9 Å². The summed E-state index contributed by atoms with van der Waals surface area (Å²) in [6.45, 7) is 0.0901. The Hall–Kier alpha value is -1.84. The SMILES string of the molecule is COCOc1ccccc1C(=O)c1ccccc1Cl. The van der Waals surface area contributed by atoms with Crippen LogP contribution in [0.25, 0.3) is 0 Å². The summed E-state index contributed by atoms with van der Waals surface area (Å²) < 4.78 is 10.2. The molecule has 0 aliphatic heterocycles. The Morgan fingerprint density at radius 1 is 1.05 bits per heavy atom. The largest absolute Gasteiger partial charge is 0.467 e. The Balaban J connectivity index is 2.36. The van der Waals surface area contributed by atoms with Crippen LogP contribution in [0.3, 0.4) is 0 Å². The van der Waals surface area contributed by atoms with Gasteiger partial charge in [0.1, 0.15) is 5.75 Å². The third kappa shape index (κ3) is 3.13. The lowest BCUT2D eigenvalue weighted by molar-refractivity contribution is 0.0503. The van der Waals surface area contributed by atoms with E-state index in [1.165, 1.54) is 7.11 Å². The van der Waals surface area contributed by atoms with Crippen molar-refractivity contribution < 1.29 is 14.3 Å². The number of ether oxygens (including phenoxy) is 2. The molecule has 19 heavy (non-hydrogen) atoms. The average molecular weight is 277 g/mol. The quantitative estimate of drug-likeness (QED) is 0.619. The van der Waals surface area contributed by atoms with Crippen molar-refractivity contribution in [3.63, 3.8) is 0 Å². The molecular formula is C15H13ClO3. The molecule has 0 radical (unpaired) electrons. The molecule has 0 saturated carbocycles. The Labute approximate surface area is 116 Å². The highest BCUT2D eigenvalue weighted by Crippen LogP contribution is 2.25. The maximum absolute atomic E-state index is 12.4. The highest BCUT2D eigenvalue weighted by Gasteiger charge is 2.16. The summed E-state index contributed by atoms with van der Waals surface area (Å²) in [5, 5.41) is 0.425. The van der Waals surface area contributed by atoms with Crippen LogP contribution in [-0.4, -0.2) is 19.7 Å². The second kappa shape index (κ2) is 6.36. The zero-order valence-corrected chi connectivity index (χ0v) is 11.2. The van der Waals surface area contributed by atoms with Crippen molar-refractivity contribution in [2.45, 2.75) is 0 Å². The number of benzene rings is 2. The van der Waals surface area contributed by atoms with Crippen molar-refractivity contribution in [2.75, 3.05) is 13.9 Å². The van der Waals surface area contributed by atoms with Crippen LogP contribution < -0.4 is 4.74 Å².